The first-order chi connectivity index (χ1) is 9.55. The van der Waals surface area contributed by atoms with E-state index in [0.29, 0.717) is 5.92 Å². The van der Waals surface area contributed by atoms with Crippen molar-refractivity contribution < 1.29 is 8.42 Å². The van der Waals surface area contributed by atoms with Crippen molar-refractivity contribution in [2.75, 3.05) is 12.8 Å². The fourth-order valence-corrected chi connectivity index (χ4v) is 4.92. The van der Waals surface area contributed by atoms with Gasteiger partial charge in [-0.2, -0.15) is 0 Å². The van der Waals surface area contributed by atoms with E-state index in [1.807, 2.05) is 0 Å². The SMILES string of the molecule is CS(=O)(=O)C1CCCC(c2cccc3c2CNCC3)C1. The van der Waals surface area contributed by atoms with E-state index in [1.54, 1.807) is 0 Å². The van der Waals surface area contributed by atoms with Crippen LogP contribution in [-0.2, 0) is 22.8 Å². The van der Waals surface area contributed by atoms with Gasteiger partial charge >= 0.3 is 0 Å². The fourth-order valence-electron chi connectivity index (χ4n) is 3.74. The van der Waals surface area contributed by atoms with Crippen LogP contribution in [0.1, 0.15) is 48.3 Å². The quantitative estimate of drug-likeness (QED) is 0.911. The third-order valence-corrected chi connectivity index (χ3v) is 6.49. The first-order valence-electron chi connectivity index (χ1n) is 7.56. The molecule has 3 rings (SSSR count). The van der Waals surface area contributed by atoms with Crippen LogP contribution in [0.15, 0.2) is 18.2 Å². The number of nitrogens with one attached hydrogen (secondary N) is 1. The van der Waals surface area contributed by atoms with Gasteiger partial charge in [0.2, 0.25) is 0 Å². The average Bonchev–Trinajstić information content (AvgIpc) is 2.46. The molecule has 0 amide bonds. The molecule has 1 aliphatic carbocycles. The van der Waals surface area contributed by atoms with Gasteiger partial charge in [0.05, 0.1) is 5.25 Å². The minimum absolute atomic E-state index is 0.145. The summed E-state index contributed by atoms with van der Waals surface area (Å²) in [6.07, 6.45) is 6.27. The Labute approximate surface area is 121 Å². The summed E-state index contributed by atoms with van der Waals surface area (Å²) in [6.45, 7) is 1.98. The molecule has 0 radical (unpaired) electrons. The first kappa shape index (κ1) is 14.1. The molecule has 1 aliphatic heterocycles. The molecule has 2 atom stereocenters. The molecule has 20 heavy (non-hydrogen) atoms. The highest BCUT2D eigenvalue weighted by Gasteiger charge is 2.31. The Morgan fingerprint density at radius 3 is 2.90 bits per heavy atom. The predicted molar refractivity (Wildman–Crippen MR) is 81.7 cm³/mol. The lowest BCUT2D eigenvalue weighted by molar-refractivity contribution is 0.432. The van der Waals surface area contributed by atoms with Crippen molar-refractivity contribution in [1.82, 2.24) is 5.32 Å². The van der Waals surface area contributed by atoms with Crippen LogP contribution >= 0.6 is 0 Å². The molecule has 110 valence electrons. The van der Waals surface area contributed by atoms with Gasteiger partial charge in [0.15, 0.2) is 0 Å². The molecule has 1 N–H and O–H groups in total. The van der Waals surface area contributed by atoms with Crippen molar-refractivity contribution in [3.05, 3.63) is 34.9 Å². The summed E-state index contributed by atoms with van der Waals surface area (Å²) >= 11 is 0. The average molecular weight is 293 g/mol. The molecular formula is C16H23NO2S. The lowest BCUT2D eigenvalue weighted by Crippen LogP contribution is -2.29. The lowest BCUT2D eigenvalue weighted by atomic mass is 9.80. The Bertz CT molecular complexity index is 594. The summed E-state index contributed by atoms with van der Waals surface area (Å²) in [7, 11) is -2.90. The molecule has 0 saturated heterocycles. The summed E-state index contributed by atoms with van der Waals surface area (Å²) in [5, 5.41) is 3.30. The van der Waals surface area contributed by atoms with Crippen molar-refractivity contribution in [2.24, 2.45) is 0 Å². The van der Waals surface area contributed by atoms with Gasteiger partial charge in [-0.05, 0) is 54.8 Å². The van der Waals surface area contributed by atoms with E-state index in [-0.39, 0.29) is 5.25 Å². The number of sulfone groups is 1. The Balaban J connectivity index is 1.89. The molecule has 0 aromatic heterocycles. The molecule has 2 unspecified atom stereocenters. The Morgan fingerprint density at radius 1 is 1.25 bits per heavy atom. The fraction of sp³-hybridized carbons (Fsp3) is 0.625. The second-order valence-electron chi connectivity index (χ2n) is 6.23. The van der Waals surface area contributed by atoms with E-state index in [2.05, 4.69) is 23.5 Å². The Morgan fingerprint density at radius 2 is 2.10 bits per heavy atom. The Hall–Kier alpha value is -0.870. The van der Waals surface area contributed by atoms with Gasteiger partial charge in [-0.3, -0.25) is 0 Å². The standard InChI is InChI=1S/C16H23NO2S/c1-20(18,19)14-6-2-5-13(10-14)15-7-3-4-12-8-9-17-11-16(12)15/h3-4,7,13-14,17H,2,5-6,8-11H2,1H3. The van der Waals surface area contributed by atoms with Gasteiger partial charge in [0, 0.05) is 12.8 Å². The van der Waals surface area contributed by atoms with E-state index >= 15 is 0 Å². The van der Waals surface area contributed by atoms with Gasteiger partial charge in [0.25, 0.3) is 0 Å². The molecule has 2 aliphatic rings. The van der Waals surface area contributed by atoms with Crippen LogP contribution in [0.5, 0.6) is 0 Å². The highest BCUT2D eigenvalue weighted by molar-refractivity contribution is 7.91. The third-order valence-electron chi connectivity index (χ3n) is 4.85. The van der Waals surface area contributed by atoms with Gasteiger partial charge in [-0.1, -0.05) is 24.6 Å². The monoisotopic (exact) mass is 293 g/mol. The first-order valence-corrected chi connectivity index (χ1v) is 9.51. The van der Waals surface area contributed by atoms with E-state index in [0.717, 1.165) is 45.2 Å². The zero-order valence-electron chi connectivity index (χ0n) is 12.1. The number of rotatable bonds is 2. The molecule has 1 aromatic rings. The molecular weight excluding hydrogens is 270 g/mol. The number of fused-ring (bicyclic) bond motifs is 1. The van der Waals surface area contributed by atoms with Crippen LogP contribution in [0, 0.1) is 0 Å². The van der Waals surface area contributed by atoms with Gasteiger partial charge in [-0.25, -0.2) is 8.42 Å². The minimum Gasteiger partial charge on any atom is -0.312 e. The van der Waals surface area contributed by atoms with Crippen LogP contribution in [0.3, 0.4) is 0 Å². The van der Waals surface area contributed by atoms with Gasteiger partial charge in [-0.15, -0.1) is 0 Å². The highest BCUT2D eigenvalue weighted by Crippen LogP contribution is 2.38. The van der Waals surface area contributed by atoms with Crippen molar-refractivity contribution in [1.29, 1.82) is 0 Å². The Kier molecular flexibility index (Phi) is 3.87. The molecule has 1 saturated carbocycles. The minimum atomic E-state index is -2.90. The zero-order chi connectivity index (χ0) is 14.2. The second kappa shape index (κ2) is 5.49. The maximum Gasteiger partial charge on any atom is 0.150 e. The number of hydrogen-bond donors (Lipinski definition) is 1. The van der Waals surface area contributed by atoms with E-state index in [9.17, 15) is 8.42 Å². The van der Waals surface area contributed by atoms with Crippen LogP contribution < -0.4 is 5.32 Å². The van der Waals surface area contributed by atoms with Gasteiger partial charge < -0.3 is 5.32 Å². The highest BCUT2D eigenvalue weighted by atomic mass is 32.2. The summed E-state index contributed by atoms with van der Waals surface area (Å²) in [6, 6.07) is 6.57. The largest absolute Gasteiger partial charge is 0.312 e. The van der Waals surface area contributed by atoms with Crippen molar-refractivity contribution in [3.63, 3.8) is 0 Å². The van der Waals surface area contributed by atoms with E-state index in [1.165, 1.54) is 22.9 Å². The lowest BCUT2D eigenvalue weighted by Gasteiger charge is -2.31. The molecule has 4 heteroatoms. The molecule has 1 aromatic carbocycles. The van der Waals surface area contributed by atoms with E-state index in [4.69, 9.17) is 0 Å². The van der Waals surface area contributed by atoms with Crippen LogP contribution in [0.25, 0.3) is 0 Å². The van der Waals surface area contributed by atoms with Crippen LogP contribution in [-0.4, -0.2) is 26.5 Å². The maximum absolute atomic E-state index is 11.8. The molecule has 3 nitrogen and oxygen atoms in total. The maximum atomic E-state index is 11.8. The summed E-state index contributed by atoms with van der Waals surface area (Å²) in [4.78, 5) is 0. The zero-order valence-corrected chi connectivity index (χ0v) is 12.9. The molecule has 0 spiro atoms. The van der Waals surface area contributed by atoms with Crippen LogP contribution in [0.2, 0.25) is 0 Å². The van der Waals surface area contributed by atoms with Crippen LogP contribution in [0.4, 0.5) is 0 Å². The van der Waals surface area contributed by atoms with E-state index < -0.39 is 9.84 Å². The topological polar surface area (TPSA) is 46.2 Å². The second-order valence-corrected chi connectivity index (χ2v) is 8.55. The van der Waals surface area contributed by atoms with Gasteiger partial charge in [0.1, 0.15) is 9.84 Å². The van der Waals surface area contributed by atoms with Crippen molar-refractivity contribution in [3.8, 4) is 0 Å². The molecule has 0 bridgehead atoms. The predicted octanol–water partition coefficient (Wildman–Crippen LogP) is 2.40. The van der Waals surface area contributed by atoms with Crippen molar-refractivity contribution in [2.45, 2.75) is 49.8 Å². The summed E-state index contributed by atoms with van der Waals surface area (Å²) in [5.74, 6) is 0.415. The normalized spacial score (nSPS) is 27.1. The summed E-state index contributed by atoms with van der Waals surface area (Å²) in [5.41, 5.74) is 4.27. The number of hydrogen-bond acceptors (Lipinski definition) is 3. The smallest absolute Gasteiger partial charge is 0.150 e. The number of benzene rings is 1. The van der Waals surface area contributed by atoms with Crippen molar-refractivity contribution >= 4 is 9.84 Å². The molecule has 1 heterocycles. The summed E-state index contributed by atoms with van der Waals surface area (Å²) < 4.78 is 23.7. The molecule has 1 fully saturated rings. The third kappa shape index (κ3) is 2.77.